The number of benzene rings is 1. The molecule has 0 amide bonds. The summed E-state index contributed by atoms with van der Waals surface area (Å²) in [6, 6.07) is 5.43. The van der Waals surface area contributed by atoms with Gasteiger partial charge in [-0.2, -0.15) is 4.21 Å². The Morgan fingerprint density at radius 1 is 1.42 bits per heavy atom. The minimum Gasteiger partial charge on any atom is -0.379 e. The minimum atomic E-state index is -2.24. The molecule has 0 aromatic heterocycles. The van der Waals surface area contributed by atoms with Crippen LogP contribution in [0.15, 0.2) is 18.2 Å². The van der Waals surface area contributed by atoms with Gasteiger partial charge in [0.15, 0.2) is 5.75 Å². The van der Waals surface area contributed by atoms with Crippen molar-refractivity contribution in [2.45, 2.75) is 0 Å². The van der Waals surface area contributed by atoms with Crippen LogP contribution in [-0.4, -0.2) is 8.76 Å². The van der Waals surface area contributed by atoms with Crippen LogP contribution in [0.5, 0.6) is 5.75 Å². The van der Waals surface area contributed by atoms with Crippen LogP contribution in [0.1, 0.15) is 0 Å². The quantitative estimate of drug-likeness (QED) is 0.602. The third kappa shape index (κ3) is 3.15. The van der Waals surface area contributed by atoms with Crippen molar-refractivity contribution >= 4 is 56.5 Å². The first kappa shape index (κ1) is 10.7. The molecule has 0 fully saturated rings. The van der Waals surface area contributed by atoms with Crippen LogP contribution >= 0.6 is 45.2 Å². The molecule has 3 nitrogen and oxygen atoms in total. The average molecular weight is 410 g/mol. The molecule has 66 valence electrons. The van der Waals surface area contributed by atoms with Gasteiger partial charge in [-0.1, -0.05) is 0 Å². The fourth-order valence-electron chi connectivity index (χ4n) is 0.618. The fourth-order valence-corrected chi connectivity index (χ4v) is 1.97. The standard InChI is InChI=1S/C6H4I2O3S/c7-4-1-2-5(8)6(3-4)11-12(9)10/h1-3H,(H,9,10). The average Bonchev–Trinajstić information content (AvgIpc) is 1.96. The van der Waals surface area contributed by atoms with Crippen LogP contribution < -0.4 is 4.18 Å². The Bertz CT molecular complexity index is 316. The highest BCUT2D eigenvalue weighted by atomic mass is 127. The predicted octanol–water partition coefficient (Wildman–Crippen LogP) is 2.41. The first-order valence-corrected chi connectivity index (χ1v) is 6.03. The van der Waals surface area contributed by atoms with E-state index >= 15 is 0 Å². The molecule has 0 aliphatic carbocycles. The Balaban J connectivity index is 2.97. The molecule has 0 saturated heterocycles. The highest BCUT2D eigenvalue weighted by molar-refractivity contribution is 14.1. The molecule has 12 heavy (non-hydrogen) atoms. The second-order valence-corrected chi connectivity index (χ2v) is 4.88. The van der Waals surface area contributed by atoms with Gasteiger partial charge in [0.25, 0.3) is 0 Å². The summed E-state index contributed by atoms with van der Waals surface area (Å²) >= 11 is 1.90. The second-order valence-electron chi connectivity index (χ2n) is 1.88. The third-order valence-electron chi connectivity index (χ3n) is 1.05. The fraction of sp³-hybridized carbons (Fsp3) is 0. The highest BCUT2D eigenvalue weighted by Gasteiger charge is 2.04. The monoisotopic (exact) mass is 410 g/mol. The zero-order chi connectivity index (χ0) is 9.14. The summed E-state index contributed by atoms with van der Waals surface area (Å²) in [6.07, 6.45) is 0. The summed E-state index contributed by atoms with van der Waals surface area (Å²) in [5.74, 6) is 0.434. The Hall–Kier alpha value is 0.590. The van der Waals surface area contributed by atoms with Gasteiger partial charge in [-0.3, -0.25) is 4.55 Å². The molecule has 1 N–H and O–H groups in total. The van der Waals surface area contributed by atoms with E-state index in [1.807, 2.05) is 34.7 Å². The minimum absolute atomic E-state index is 0.434. The van der Waals surface area contributed by atoms with Gasteiger partial charge in [-0.25, -0.2) is 0 Å². The molecular weight excluding hydrogens is 406 g/mol. The summed E-state index contributed by atoms with van der Waals surface area (Å²) in [6.45, 7) is 0. The normalized spacial score (nSPS) is 12.6. The number of hydrogen-bond donors (Lipinski definition) is 1. The SMILES string of the molecule is O=S(O)Oc1cc(I)ccc1I. The molecule has 1 aromatic rings. The Morgan fingerprint density at radius 2 is 2.08 bits per heavy atom. The van der Waals surface area contributed by atoms with E-state index in [1.165, 1.54) is 0 Å². The largest absolute Gasteiger partial charge is 0.379 e. The molecule has 1 atom stereocenters. The molecule has 1 rings (SSSR count). The lowest BCUT2D eigenvalue weighted by Crippen LogP contribution is -1.99. The Kier molecular flexibility index (Phi) is 4.20. The molecule has 0 aliphatic rings. The third-order valence-corrected chi connectivity index (χ3v) is 2.94. The summed E-state index contributed by atoms with van der Waals surface area (Å²) in [4.78, 5) is 0. The van der Waals surface area contributed by atoms with Crippen LogP contribution in [0.2, 0.25) is 0 Å². The topological polar surface area (TPSA) is 46.5 Å². The first-order chi connectivity index (χ1) is 5.59. The van der Waals surface area contributed by atoms with Gasteiger partial charge in [-0.15, -0.1) is 0 Å². The summed E-state index contributed by atoms with van der Waals surface area (Å²) in [5, 5.41) is 0. The zero-order valence-electron chi connectivity index (χ0n) is 5.66. The van der Waals surface area contributed by atoms with Crippen molar-refractivity contribution in [1.82, 2.24) is 0 Å². The second kappa shape index (κ2) is 4.72. The van der Waals surface area contributed by atoms with Crippen molar-refractivity contribution in [2.24, 2.45) is 0 Å². The van der Waals surface area contributed by atoms with E-state index in [1.54, 1.807) is 6.07 Å². The van der Waals surface area contributed by atoms with E-state index < -0.39 is 11.4 Å². The van der Waals surface area contributed by atoms with E-state index in [0.29, 0.717) is 5.75 Å². The van der Waals surface area contributed by atoms with Crippen molar-refractivity contribution in [2.75, 3.05) is 0 Å². The van der Waals surface area contributed by atoms with Crippen molar-refractivity contribution in [1.29, 1.82) is 0 Å². The molecule has 0 heterocycles. The maximum Gasteiger partial charge on any atom is 0.357 e. The van der Waals surface area contributed by atoms with Crippen molar-refractivity contribution in [3.05, 3.63) is 25.3 Å². The lowest BCUT2D eigenvalue weighted by atomic mass is 10.3. The van der Waals surface area contributed by atoms with Crippen LogP contribution in [0.4, 0.5) is 0 Å². The van der Waals surface area contributed by atoms with Crippen molar-refractivity contribution in [3.8, 4) is 5.75 Å². The van der Waals surface area contributed by atoms with Gasteiger partial charge >= 0.3 is 11.4 Å². The number of halogens is 2. The summed E-state index contributed by atoms with van der Waals surface area (Å²) in [7, 11) is 0. The van der Waals surface area contributed by atoms with Gasteiger partial charge in [0.1, 0.15) is 0 Å². The molecule has 0 aliphatic heterocycles. The van der Waals surface area contributed by atoms with Gasteiger partial charge < -0.3 is 4.18 Å². The van der Waals surface area contributed by atoms with E-state index in [4.69, 9.17) is 4.55 Å². The van der Waals surface area contributed by atoms with Crippen LogP contribution in [0.25, 0.3) is 0 Å². The molecule has 6 heteroatoms. The van der Waals surface area contributed by atoms with E-state index in [2.05, 4.69) is 26.8 Å². The molecular formula is C6H4I2O3S. The lowest BCUT2D eigenvalue weighted by molar-refractivity contribution is 0.456. The molecule has 0 spiro atoms. The number of rotatable bonds is 2. The predicted molar refractivity (Wildman–Crippen MR) is 63.3 cm³/mol. The first-order valence-electron chi connectivity index (χ1n) is 2.84. The Labute approximate surface area is 99.7 Å². The van der Waals surface area contributed by atoms with E-state index in [-0.39, 0.29) is 0 Å². The molecule has 1 unspecified atom stereocenters. The van der Waals surface area contributed by atoms with Gasteiger partial charge in [0.2, 0.25) is 0 Å². The van der Waals surface area contributed by atoms with Crippen LogP contribution in [0.3, 0.4) is 0 Å². The smallest absolute Gasteiger partial charge is 0.357 e. The van der Waals surface area contributed by atoms with Crippen molar-refractivity contribution < 1.29 is 12.9 Å². The maximum atomic E-state index is 10.3. The van der Waals surface area contributed by atoms with E-state index in [0.717, 1.165) is 7.14 Å². The highest BCUT2D eigenvalue weighted by Crippen LogP contribution is 2.23. The van der Waals surface area contributed by atoms with Gasteiger partial charge in [0.05, 0.1) is 3.57 Å². The van der Waals surface area contributed by atoms with Crippen LogP contribution in [-0.2, 0) is 11.4 Å². The summed E-state index contributed by atoms with van der Waals surface area (Å²) in [5.41, 5.74) is 0. The zero-order valence-corrected chi connectivity index (χ0v) is 10.8. The molecule has 0 saturated carbocycles. The van der Waals surface area contributed by atoms with E-state index in [9.17, 15) is 4.21 Å². The van der Waals surface area contributed by atoms with Gasteiger partial charge in [0, 0.05) is 3.57 Å². The Morgan fingerprint density at radius 3 is 2.67 bits per heavy atom. The number of hydrogen-bond acceptors (Lipinski definition) is 2. The molecule has 0 bridgehead atoms. The lowest BCUT2D eigenvalue weighted by Gasteiger charge is -2.02. The molecule has 1 aromatic carbocycles. The van der Waals surface area contributed by atoms with Crippen molar-refractivity contribution in [3.63, 3.8) is 0 Å². The maximum absolute atomic E-state index is 10.3. The molecule has 0 radical (unpaired) electrons. The summed E-state index contributed by atoms with van der Waals surface area (Å²) < 4.78 is 25.2. The van der Waals surface area contributed by atoms with Gasteiger partial charge in [-0.05, 0) is 63.4 Å². The van der Waals surface area contributed by atoms with Crippen LogP contribution in [0, 0.1) is 7.14 Å².